The van der Waals surface area contributed by atoms with Gasteiger partial charge in [-0.2, -0.15) is 0 Å². The number of aromatic nitrogens is 1. The first-order valence-electron chi connectivity index (χ1n) is 10.3. The van der Waals surface area contributed by atoms with E-state index in [4.69, 9.17) is 4.74 Å². The summed E-state index contributed by atoms with van der Waals surface area (Å²) in [6, 6.07) is 10.9. The highest BCUT2D eigenvalue weighted by Gasteiger charge is 2.51. The number of carbonyl (C=O) groups is 2. The van der Waals surface area contributed by atoms with Crippen LogP contribution in [0.4, 0.5) is 5.69 Å². The van der Waals surface area contributed by atoms with Crippen molar-refractivity contribution in [3.8, 4) is 5.75 Å². The Kier molecular flexibility index (Phi) is 5.51. The monoisotopic (exact) mass is 393 g/mol. The SMILES string of the molecule is COc1cccc(NC(=O)C2CN(C(=O)c3ccncc3)CC23CCCCC3)c1. The largest absolute Gasteiger partial charge is 0.497 e. The Hall–Kier alpha value is -2.89. The molecule has 1 unspecified atom stereocenters. The molecule has 2 heterocycles. The van der Waals surface area contributed by atoms with Gasteiger partial charge in [-0.15, -0.1) is 0 Å². The molecule has 1 saturated carbocycles. The number of nitrogens with one attached hydrogen (secondary N) is 1. The highest BCUT2D eigenvalue weighted by Crippen LogP contribution is 2.48. The van der Waals surface area contributed by atoms with Gasteiger partial charge in [-0.1, -0.05) is 25.3 Å². The fourth-order valence-electron chi connectivity index (χ4n) is 4.85. The van der Waals surface area contributed by atoms with Gasteiger partial charge in [0.1, 0.15) is 5.75 Å². The molecule has 29 heavy (non-hydrogen) atoms. The minimum absolute atomic E-state index is 0.00909. The number of benzene rings is 1. The summed E-state index contributed by atoms with van der Waals surface area (Å²) in [5.41, 5.74) is 1.21. The van der Waals surface area contributed by atoms with Gasteiger partial charge in [-0.25, -0.2) is 0 Å². The number of pyridine rings is 1. The smallest absolute Gasteiger partial charge is 0.254 e. The Bertz CT molecular complexity index is 878. The van der Waals surface area contributed by atoms with Crippen LogP contribution in [0, 0.1) is 11.3 Å². The van der Waals surface area contributed by atoms with Crippen LogP contribution >= 0.6 is 0 Å². The van der Waals surface area contributed by atoms with E-state index in [1.807, 2.05) is 29.2 Å². The van der Waals surface area contributed by atoms with Crippen molar-refractivity contribution in [1.29, 1.82) is 0 Å². The Labute approximate surface area is 171 Å². The van der Waals surface area contributed by atoms with Crippen molar-refractivity contribution in [3.05, 3.63) is 54.4 Å². The summed E-state index contributed by atoms with van der Waals surface area (Å²) in [6.45, 7) is 1.10. The van der Waals surface area contributed by atoms with Crippen LogP contribution < -0.4 is 10.1 Å². The molecule has 2 fully saturated rings. The Morgan fingerprint density at radius 3 is 2.62 bits per heavy atom. The van der Waals surface area contributed by atoms with Crippen molar-refractivity contribution in [2.45, 2.75) is 32.1 Å². The van der Waals surface area contributed by atoms with Gasteiger partial charge in [-0.05, 0) is 37.1 Å². The first-order valence-corrected chi connectivity index (χ1v) is 10.3. The predicted octanol–water partition coefficient (Wildman–Crippen LogP) is 3.75. The second-order valence-electron chi connectivity index (χ2n) is 8.12. The van der Waals surface area contributed by atoms with E-state index >= 15 is 0 Å². The quantitative estimate of drug-likeness (QED) is 0.859. The minimum Gasteiger partial charge on any atom is -0.497 e. The molecule has 2 aliphatic rings. The van der Waals surface area contributed by atoms with Crippen LogP contribution in [-0.2, 0) is 4.79 Å². The Morgan fingerprint density at radius 1 is 1.14 bits per heavy atom. The minimum atomic E-state index is -0.209. The number of carbonyl (C=O) groups excluding carboxylic acids is 2. The zero-order valence-corrected chi connectivity index (χ0v) is 16.8. The molecule has 1 aliphatic carbocycles. The number of nitrogens with zero attached hydrogens (tertiary/aromatic N) is 2. The van der Waals surface area contributed by atoms with Gasteiger partial charge in [0.2, 0.25) is 5.91 Å². The number of likely N-dealkylation sites (tertiary alicyclic amines) is 1. The van der Waals surface area contributed by atoms with Crippen LogP contribution in [-0.4, -0.2) is 41.9 Å². The summed E-state index contributed by atoms with van der Waals surface area (Å²) in [5, 5.41) is 3.06. The van der Waals surface area contributed by atoms with E-state index in [-0.39, 0.29) is 23.1 Å². The fraction of sp³-hybridized carbons (Fsp3) is 0.435. The number of methoxy groups -OCH3 is 1. The number of hydrogen-bond donors (Lipinski definition) is 1. The lowest BCUT2D eigenvalue weighted by atomic mass is 9.67. The third-order valence-electron chi connectivity index (χ3n) is 6.37. The summed E-state index contributed by atoms with van der Waals surface area (Å²) in [6.07, 6.45) is 8.66. The van der Waals surface area contributed by atoms with Gasteiger partial charge in [0, 0.05) is 48.2 Å². The third-order valence-corrected chi connectivity index (χ3v) is 6.37. The topological polar surface area (TPSA) is 71.5 Å². The second kappa shape index (κ2) is 8.23. The molecule has 1 saturated heterocycles. The fourth-order valence-corrected chi connectivity index (χ4v) is 4.85. The maximum atomic E-state index is 13.3. The van der Waals surface area contributed by atoms with Gasteiger partial charge in [0.05, 0.1) is 13.0 Å². The van der Waals surface area contributed by atoms with Crippen LogP contribution in [0.2, 0.25) is 0 Å². The molecule has 1 aliphatic heterocycles. The normalized spacial score (nSPS) is 20.4. The average Bonchev–Trinajstić information content (AvgIpc) is 3.13. The summed E-state index contributed by atoms with van der Waals surface area (Å²) >= 11 is 0. The lowest BCUT2D eigenvalue weighted by Crippen LogP contribution is -2.39. The van der Waals surface area contributed by atoms with Crippen LogP contribution in [0.15, 0.2) is 48.8 Å². The molecule has 1 aromatic carbocycles. The van der Waals surface area contributed by atoms with Crippen molar-refractivity contribution in [2.75, 3.05) is 25.5 Å². The Morgan fingerprint density at radius 2 is 1.90 bits per heavy atom. The number of hydrogen-bond acceptors (Lipinski definition) is 4. The van der Waals surface area contributed by atoms with E-state index < -0.39 is 0 Å². The van der Waals surface area contributed by atoms with Crippen LogP contribution in [0.25, 0.3) is 0 Å². The second-order valence-corrected chi connectivity index (χ2v) is 8.12. The Balaban J connectivity index is 1.56. The van der Waals surface area contributed by atoms with Crippen molar-refractivity contribution < 1.29 is 14.3 Å². The van der Waals surface area contributed by atoms with Crippen LogP contribution in [0.5, 0.6) is 5.75 Å². The highest BCUT2D eigenvalue weighted by atomic mass is 16.5. The van der Waals surface area contributed by atoms with Gasteiger partial charge in [-0.3, -0.25) is 14.6 Å². The summed E-state index contributed by atoms with van der Waals surface area (Å²) < 4.78 is 5.26. The molecule has 152 valence electrons. The van der Waals surface area contributed by atoms with Gasteiger partial charge in [0.15, 0.2) is 0 Å². The molecule has 1 N–H and O–H groups in total. The number of ether oxygens (including phenoxy) is 1. The maximum absolute atomic E-state index is 13.3. The highest BCUT2D eigenvalue weighted by molar-refractivity contribution is 5.97. The molecular weight excluding hydrogens is 366 g/mol. The molecule has 1 atom stereocenters. The van der Waals surface area contributed by atoms with Gasteiger partial charge < -0.3 is 15.0 Å². The molecule has 6 heteroatoms. The van der Waals surface area contributed by atoms with Crippen molar-refractivity contribution in [3.63, 3.8) is 0 Å². The lowest BCUT2D eigenvalue weighted by molar-refractivity contribution is -0.123. The zero-order chi connectivity index (χ0) is 20.3. The lowest BCUT2D eigenvalue weighted by Gasteiger charge is -2.37. The van der Waals surface area contributed by atoms with E-state index in [2.05, 4.69) is 10.3 Å². The third kappa shape index (κ3) is 3.97. The predicted molar refractivity (Wildman–Crippen MR) is 111 cm³/mol. The van der Waals surface area contributed by atoms with Crippen LogP contribution in [0.1, 0.15) is 42.5 Å². The number of amides is 2. The standard InChI is InChI=1S/C23H27N3O3/c1-29-19-7-5-6-18(14-19)25-21(27)20-15-26(16-23(20)10-3-2-4-11-23)22(28)17-8-12-24-13-9-17/h5-9,12-14,20H,2-4,10-11,15-16H2,1H3,(H,25,27). The van der Waals surface area contributed by atoms with Crippen molar-refractivity contribution in [1.82, 2.24) is 9.88 Å². The zero-order valence-electron chi connectivity index (χ0n) is 16.8. The number of anilines is 1. The van der Waals surface area contributed by atoms with E-state index in [0.717, 1.165) is 31.4 Å². The van der Waals surface area contributed by atoms with Gasteiger partial charge >= 0.3 is 0 Å². The molecular formula is C23H27N3O3. The van der Waals surface area contributed by atoms with Gasteiger partial charge in [0.25, 0.3) is 5.91 Å². The van der Waals surface area contributed by atoms with Crippen LogP contribution in [0.3, 0.4) is 0 Å². The first-order chi connectivity index (χ1) is 14.1. The van der Waals surface area contributed by atoms with Crippen molar-refractivity contribution >= 4 is 17.5 Å². The summed E-state index contributed by atoms with van der Waals surface area (Å²) in [7, 11) is 1.61. The van der Waals surface area contributed by atoms with E-state index in [0.29, 0.717) is 24.4 Å². The van der Waals surface area contributed by atoms with E-state index in [1.165, 1.54) is 6.42 Å². The van der Waals surface area contributed by atoms with E-state index in [1.54, 1.807) is 31.6 Å². The molecule has 0 bridgehead atoms. The molecule has 0 radical (unpaired) electrons. The molecule has 6 nitrogen and oxygen atoms in total. The summed E-state index contributed by atoms with van der Waals surface area (Å²) in [4.78, 5) is 32.2. The average molecular weight is 393 g/mol. The van der Waals surface area contributed by atoms with Crippen molar-refractivity contribution in [2.24, 2.45) is 11.3 Å². The molecule has 2 amide bonds. The molecule has 4 rings (SSSR count). The number of rotatable bonds is 4. The van der Waals surface area contributed by atoms with E-state index in [9.17, 15) is 9.59 Å². The maximum Gasteiger partial charge on any atom is 0.254 e. The first kappa shape index (κ1) is 19.4. The molecule has 2 aromatic rings. The molecule has 1 aromatic heterocycles. The molecule has 1 spiro atoms. The summed E-state index contributed by atoms with van der Waals surface area (Å²) in [5.74, 6) is 0.468.